The molecular weight excluding hydrogens is 304 g/mol. The topological polar surface area (TPSA) is 64.8 Å². The van der Waals surface area contributed by atoms with E-state index in [9.17, 15) is 4.79 Å². The minimum absolute atomic E-state index is 0. The maximum atomic E-state index is 12.5. The molecule has 0 saturated heterocycles. The van der Waals surface area contributed by atoms with Gasteiger partial charge in [0.2, 0.25) is 5.91 Å². The van der Waals surface area contributed by atoms with E-state index >= 15 is 0 Å². The fourth-order valence-corrected chi connectivity index (χ4v) is 2.35. The Bertz CT molecular complexity index is 506. The van der Waals surface area contributed by atoms with Gasteiger partial charge < -0.3 is 20.1 Å². The summed E-state index contributed by atoms with van der Waals surface area (Å²) in [7, 11) is 3.27. The molecule has 0 heterocycles. The van der Waals surface area contributed by atoms with Crippen LogP contribution in [-0.2, 0) is 11.3 Å². The zero-order chi connectivity index (χ0) is 15.4. The van der Waals surface area contributed by atoms with Crippen LogP contribution in [0, 0.1) is 5.92 Å². The molecule has 1 unspecified atom stereocenters. The van der Waals surface area contributed by atoms with E-state index in [1.54, 1.807) is 14.2 Å². The van der Waals surface area contributed by atoms with Crippen molar-refractivity contribution < 1.29 is 14.3 Å². The number of carbonyl (C=O) groups is 1. The first-order valence-electron chi connectivity index (χ1n) is 7.32. The summed E-state index contributed by atoms with van der Waals surface area (Å²) in [6.07, 6.45) is 2.13. The lowest BCUT2D eigenvalue weighted by atomic mass is 10.1. The highest BCUT2D eigenvalue weighted by Gasteiger charge is 2.34. The van der Waals surface area contributed by atoms with Gasteiger partial charge in [-0.05, 0) is 31.0 Å². The average Bonchev–Trinajstić information content (AvgIpc) is 3.35. The lowest BCUT2D eigenvalue weighted by Gasteiger charge is -2.26. The van der Waals surface area contributed by atoms with E-state index < -0.39 is 0 Å². The molecule has 6 heteroatoms. The van der Waals surface area contributed by atoms with Crippen LogP contribution >= 0.6 is 12.4 Å². The van der Waals surface area contributed by atoms with Crippen LogP contribution in [0.3, 0.4) is 0 Å². The Morgan fingerprint density at radius 3 is 2.55 bits per heavy atom. The Kier molecular flexibility index (Phi) is 6.97. The van der Waals surface area contributed by atoms with Crippen LogP contribution in [0.2, 0.25) is 0 Å². The third-order valence-corrected chi connectivity index (χ3v) is 3.87. The maximum absolute atomic E-state index is 12.5. The standard InChI is InChI=1S/C16H24N2O3.ClH/c1-11(9-17)16(19)18(13-4-5-13)10-12-8-14(20-2)6-7-15(12)21-3;/h6-8,11,13H,4-5,9-10,17H2,1-3H3;1H. The fourth-order valence-electron chi connectivity index (χ4n) is 2.35. The number of halogens is 1. The van der Waals surface area contributed by atoms with E-state index in [1.807, 2.05) is 30.0 Å². The zero-order valence-electron chi connectivity index (χ0n) is 13.4. The molecule has 1 aromatic rings. The minimum atomic E-state index is -0.151. The molecule has 0 aromatic heterocycles. The number of rotatable bonds is 7. The van der Waals surface area contributed by atoms with Crippen LogP contribution < -0.4 is 15.2 Å². The van der Waals surface area contributed by atoms with Gasteiger partial charge in [0, 0.05) is 30.6 Å². The summed E-state index contributed by atoms with van der Waals surface area (Å²) < 4.78 is 10.7. The van der Waals surface area contributed by atoms with E-state index in [4.69, 9.17) is 15.2 Å². The first kappa shape index (κ1) is 18.6. The van der Waals surface area contributed by atoms with Crippen LogP contribution in [0.15, 0.2) is 18.2 Å². The molecule has 0 bridgehead atoms. The van der Waals surface area contributed by atoms with E-state index in [-0.39, 0.29) is 24.2 Å². The van der Waals surface area contributed by atoms with Gasteiger partial charge in [-0.2, -0.15) is 0 Å². The lowest BCUT2D eigenvalue weighted by Crippen LogP contribution is -2.39. The van der Waals surface area contributed by atoms with Crippen molar-refractivity contribution in [3.63, 3.8) is 0 Å². The number of hydrogen-bond donors (Lipinski definition) is 1. The second kappa shape index (κ2) is 8.25. The van der Waals surface area contributed by atoms with Crippen LogP contribution in [0.1, 0.15) is 25.3 Å². The monoisotopic (exact) mass is 328 g/mol. The SMILES string of the molecule is COc1ccc(OC)c(CN(C(=O)C(C)CN)C2CC2)c1.Cl. The number of amides is 1. The molecule has 2 rings (SSSR count). The average molecular weight is 329 g/mol. The maximum Gasteiger partial charge on any atom is 0.227 e. The first-order chi connectivity index (χ1) is 10.1. The second-order valence-corrected chi connectivity index (χ2v) is 5.51. The van der Waals surface area contributed by atoms with Crippen molar-refractivity contribution in [1.29, 1.82) is 0 Å². The van der Waals surface area contributed by atoms with Gasteiger partial charge in [0.1, 0.15) is 11.5 Å². The second-order valence-electron chi connectivity index (χ2n) is 5.51. The molecule has 0 spiro atoms. The van der Waals surface area contributed by atoms with E-state index in [1.165, 1.54) is 0 Å². The summed E-state index contributed by atoms with van der Waals surface area (Å²) in [5.74, 6) is 1.50. The van der Waals surface area contributed by atoms with E-state index in [2.05, 4.69) is 0 Å². The predicted octanol–water partition coefficient (Wildman–Crippen LogP) is 2.21. The van der Waals surface area contributed by atoms with Crippen molar-refractivity contribution in [3.05, 3.63) is 23.8 Å². The number of ether oxygens (including phenoxy) is 2. The molecule has 1 saturated carbocycles. The molecule has 1 aromatic carbocycles. The van der Waals surface area contributed by atoms with Gasteiger partial charge in [0.25, 0.3) is 0 Å². The van der Waals surface area contributed by atoms with Gasteiger partial charge >= 0.3 is 0 Å². The van der Waals surface area contributed by atoms with Crippen LogP contribution in [-0.4, -0.2) is 37.6 Å². The zero-order valence-corrected chi connectivity index (χ0v) is 14.2. The van der Waals surface area contributed by atoms with Crippen LogP contribution in [0.5, 0.6) is 11.5 Å². The molecule has 0 radical (unpaired) electrons. The molecule has 1 fully saturated rings. The highest BCUT2D eigenvalue weighted by molar-refractivity contribution is 5.85. The highest BCUT2D eigenvalue weighted by atomic mass is 35.5. The Labute approximate surface area is 138 Å². The summed E-state index contributed by atoms with van der Waals surface area (Å²) in [5.41, 5.74) is 6.59. The first-order valence-corrected chi connectivity index (χ1v) is 7.32. The van der Waals surface area contributed by atoms with Crippen molar-refractivity contribution >= 4 is 18.3 Å². The predicted molar refractivity (Wildman–Crippen MR) is 88.6 cm³/mol. The summed E-state index contributed by atoms with van der Waals surface area (Å²) in [5, 5.41) is 0. The Balaban J connectivity index is 0.00000242. The third kappa shape index (κ3) is 4.27. The lowest BCUT2D eigenvalue weighted by molar-refractivity contribution is -0.135. The van der Waals surface area contributed by atoms with Crippen LogP contribution in [0.4, 0.5) is 0 Å². The Morgan fingerprint density at radius 1 is 1.36 bits per heavy atom. The number of hydrogen-bond acceptors (Lipinski definition) is 4. The van der Waals surface area contributed by atoms with E-state index in [0.717, 1.165) is 29.9 Å². The molecule has 0 aliphatic heterocycles. The van der Waals surface area contributed by atoms with Gasteiger partial charge in [-0.1, -0.05) is 6.92 Å². The quantitative estimate of drug-likeness (QED) is 0.833. The van der Waals surface area contributed by atoms with E-state index in [0.29, 0.717) is 19.1 Å². The Hall–Kier alpha value is -1.46. The molecular formula is C16H25ClN2O3. The minimum Gasteiger partial charge on any atom is -0.497 e. The van der Waals surface area contributed by atoms with Crippen LogP contribution in [0.25, 0.3) is 0 Å². The molecule has 22 heavy (non-hydrogen) atoms. The summed E-state index contributed by atoms with van der Waals surface area (Å²) in [6, 6.07) is 5.99. The van der Waals surface area contributed by atoms with Crippen molar-refractivity contribution in [2.24, 2.45) is 11.7 Å². The molecule has 1 aliphatic carbocycles. The van der Waals surface area contributed by atoms with Gasteiger partial charge in [-0.25, -0.2) is 0 Å². The fraction of sp³-hybridized carbons (Fsp3) is 0.562. The normalized spacial score (nSPS) is 14.7. The van der Waals surface area contributed by atoms with Gasteiger partial charge in [0.05, 0.1) is 14.2 Å². The largest absolute Gasteiger partial charge is 0.497 e. The number of nitrogens with two attached hydrogens (primary N) is 1. The number of benzene rings is 1. The highest BCUT2D eigenvalue weighted by Crippen LogP contribution is 2.32. The molecule has 2 N–H and O–H groups in total. The molecule has 124 valence electrons. The van der Waals surface area contributed by atoms with Gasteiger partial charge in [-0.15, -0.1) is 12.4 Å². The molecule has 5 nitrogen and oxygen atoms in total. The number of carbonyl (C=O) groups excluding carboxylic acids is 1. The summed E-state index contributed by atoms with van der Waals surface area (Å²) >= 11 is 0. The van der Waals surface area contributed by atoms with Gasteiger partial charge in [0.15, 0.2) is 0 Å². The van der Waals surface area contributed by atoms with Crippen molar-refractivity contribution in [3.8, 4) is 11.5 Å². The molecule has 1 amide bonds. The summed E-state index contributed by atoms with van der Waals surface area (Å²) in [6.45, 7) is 2.78. The van der Waals surface area contributed by atoms with Crippen molar-refractivity contribution in [2.75, 3.05) is 20.8 Å². The Morgan fingerprint density at radius 2 is 2.05 bits per heavy atom. The van der Waals surface area contributed by atoms with Gasteiger partial charge in [-0.3, -0.25) is 4.79 Å². The third-order valence-electron chi connectivity index (χ3n) is 3.87. The smallest absolute Gasteiger partial charge is 0.227 e. The summed E-state index contributed by atoms with van der Waals surface area (Å²) in [4.78, 5) is 14.4. The number of nitrogens with zero attached hydrogens (tertiary/aromatic N) is 1. The van der Waals surface area contributed by atoms with Crippen molar-refractivity contribution in [1.82, 2.24) is 4.90 Å². The van der Waals surface area contributed by atoms with Crippen molar-refractivity contribution in [2.45, 2.75) is 32.4 Å². The molecule has 1 atom stereocenters. The number of methoxy groups -OCH3 is 2. The molecule has 1 aliphatic rings.